The molecule has 0 aliphatic heterocycles. The largest absolute Gasteiger partial charge is 0.288 e. The van der Waals surface area contributed by atoms with Crippen molar-refractivity contribution in [2.75, 3.05) is 0 Å². The fourth-order valence-electron chi connectivity index (χ4n) is 1.47. The van der Waals surface area contributed by atoms with E-state index in [2.05, 4.69) is 0 Å². The molecule has 1 heterocycles. The molecule has 6 nitrogen and oxygen atoms in total. The van der Waals surface area contributed by atoms with Crippen LogP contribution >= 0.6 is 11.3 Å². The maximum atomic E-state index is 10.8. The Balaban J connectivity index is 2.64. The summed E-state index contributed by atoms with van der Waals surface area (Å²) < 4.78 is 0. The Morgan fingerprint density at radius 3 is 2.24 bits per heavy atom. The van der Waals surface area contributed by atoms with Gasteiger partial charge in [0.15, 0.2) is 0 Å². The van der Waals surface area contributed by atoms with Crippen molar-refractivity contribution in [3.8, 4) is 10.4 Å². The molecule has 7 heteroatoms. The molecule has 2 aromatic rings. The van der Waals surface area contributed by atoms with Crippen molar-refractivity contribution in [2.24, 2.45) is 0 Å². The van der Waals surface area contributed by atoms with E-state index < -0.39 is 9.85 Å². The van der Waals surface area contributed by atoms with Gasteiger partial charge < -0.3 is 0 Å². The number of nitro benzene ring substituents is 1. The first-order chi connectivity index (χ1) is 8.11. The van der Waals surface area contributed by atoms with Crippen LogP contribution < -0.4 is 0 Å². The summed E-state index contributed by atoms with van der Waals surface area (Å²) in [7, 11) is 0. The number of hydrogen-bond acceptors (Lipinski definition) is 5. The van der Waals surface area contributed by atoms with Crippen LogP contribution in [0.1, 0.15) is 0 Å². The monoisotopic (exact) mass is 250 g/mol. The molecule has 0 amide bonds. The molecule has 0 saturated heterocycles. The SMILES string of the molecule is O=[N+]([O-])c1ccccc1-c1sccc1[N+](=O)[O-]. The Kier molecular flexibility index (Phi) is 2.84. The van der Waals surface area contributed by atoms with Gasteiger partial charge in [-0.1, -0.05) is 12.1 Å². The molecule has 0 atom stereocenters. The van der Waals surface area contributed by atoms with E-state index in [1.165, 1.54) is 24.3 Å². The fraction of sp³-hybridized carbons (Fsp3) is 0. The molecule has 1 aromatic heterocycles. The van der Waals surface area contributed by atoms with Crippen LogP contribution in [0.15, 0.2) is 35.7 Å². The van der Waals surface area contributed by atoms with Gasteiger partial charge in [-0.05, 0) is 11.4 Å². The molecule has 0 aliphatic carbocycles. The van der Waals surface area contributed by atoms with Gasteiger partial charge in [-0.15, -0.1) is 11.3 Å². The summed E-state index contributed by atoms with van der Waals surface area (Å²) in [6, 6.07) is 7.33. The van der Waals surface area contributed by atoms with E-state index in [0.717, 1.165) is 11.3 Å². The van der Waals surface area contributed by atoms with Crippen LogP contribution in [-0.2, 0) is 0 Å². The summed E-state index contributed by atoms with van der Waals surface area (Å²) in [6.45, 7) is 0. The summed E-state index contributed by atoms with van der Waals surface area (Å²) in [6.07, 6.45) is 0. The zero-order valence-corrected chi connectivity index (χ0v) is 9.22. The van der Waals surface area contributed by atoms with E-state index in [-0.39, 0.29) is 16.9 Å². The minimum Gasteiger partial charge on any atom is -0.258 e. The van der Waals surface area contributed by atoms with Crippen LogP contribution in [0.3, 0.4) is 0 Å². The predicted molar refractivity (Wildman–Crippen MR) is 63.1 cm³/mol. The van der Waals surface area contributed by atoms with Crippen molar-refractivity contribution in [3.05, 3.63) is 55.9 Å². The van der Waals surface area contributed by atoms with E-state index in [4.69, 9.17) is 0 Å². The average Bonchev–Trinajstić information content (AvgIpc) is 2.77. The molecule has 0 unspecified atom stereocenters. The first-order valence-corrected chi connectivity index (χ1v) is 5.45. The minimum atomic E-state index is -0.543. The fourth-order valence-corrected chi connectivity index (χ4v) is 2.37. The summed E-state index contributed by atoms with van der Waals surface area (Å²) in [5.41, 5.74) is 0.0431. The smallest absolute Gasteiger partial charge is 0.258 e. The average molecular weight is 250 g/mol. The van der Waals surface area contributed by atoms with Crippen LogP contribution in [0, 0.1) is 20.2 Å². The normalized spacial score (nSPS) is 10.1. The molecule has 0 N–H and O–H groups in total. The van der Waals surface area contributed by atoms with Crippen molar-refractivity contribution < 1.29 is 9.85 Å². The number of thiophene rings is 1. The molecule has 0 radical (unpaired) electrons. The van der Waals surface area contributed by atoms with Gasteiger partial charge in [0.25, 0.3) is 11.4 Å². The highest BCUT2D eigenvalue weighted by Gasteiger charge is 2.23. The number of nitrogens with zero attached hydrogens (tertiary/aromatic N) is 2. The minimum absolute atomic E-state index is 0.107. The number of nitro groups is 2. The standard InChI is InChI=1S/C10H6N2O4S/c13-11(14)8-4-2-1-3-7(8)10-9(12(15)16)5-6-17-10/h1-6H. The Labute approximate surface area is 99.4 Å². The van der Waals surface area contributed by atoms with Gasteiger partial charge in [0.05, 0.1) is 15.4 Å². The quantitative estimate of drug-likeness (QED) is 0.618. The lowest BCUT2D eigenvalue weighted by atomic mass is 10.1. The lowest BCUT2D eigenvalue weighted by molar-refractivity contribution is -0.386. The number of rotatable bonds is 3. The lowest BCUT2D eigenvalue weighted by Gasteiger charge is -1.99. The maximum absolute atomic E-state index is 10.8. The van der Waals surface area contributed by atoms with Gasteiger partial charge in [-0.3, -0.25) is 20.2 Å². The van der Waals surface area contributed by atoms with Crippen LogP contribution in [-0.4, -0.2) is 9.85 Å². The second-order valence-corrected chi connectivity index (χ2v) is 4.08. The first-order valence-electron chi connectivity index (χ1n) is 4.57. The van der Waals surface area contributed by atoms with Crippen molar-refractivity contribution in [1.82, 2.24) is 0 Å². The Hall–Kier alpha value is -2.28. The van der Waals surface area contributed by atoms with Crippen molar-refractivity contribution in [1.29, 1.82) is 0 Å². The number of para-hydroxylation sites is 1. The van der Waals surface area contributed by atoms with E-state index in [1.807, 2.05) is 0 Å². The highest BCUT2D eigenvalue weighted by atomic mass is 32.1. The number of hydrogen-bond donors (Lipinski definition) is 0. The van der Waals surface area contributed by atoms with Crippen molar-refractivity contribution >= 4 is 22.7 Å². The zero-order valence-electron chi connectivity index (χ0n) is 8.40. The summed E-state index contributed by atoms with van der Waals surface area (Å²) in [4.78, 5) is 20.8. The summed E-state index contributed by atoms with van der Waals surface area (Å²) in [5.74, 6) is 0. The molecule has 0 saturated carbocycles. The second kappa shape index (κ2) is 4.30. The molecular formula is C10H6N2O4S. The molecule has 17 heavy (non-hydrogen) atoms. The highest BCUT2D eigenvalue weighted by Crippen LogP contribution is 2.39. The maximum Gasteiger partial charge on any atom is 0.288 e. The van der Waals surface area contributed by atoms with Gasteiger partial charge in [0.2, 0.25) is 0 Å². The van der Waals surface area contributed by atoms with E-state index in [9.17, 15) is 20.2 Å². The van der Waals surface area contributed by atoms with Crippen LogP contribution in [0.4, 0.5) is 11.4 Å². The molecule has 86 valence electrons. The zero-order chi connectivity index (χ0) is 12.4. The molecule has 2 rings (SSSR count). The van der Waals surface area contributed by atoms with E-state index >= 15 is 0 Å². The van der Waals surface area contributed by atoms with E-state index in [1.54, 1.807) is 11.4 Å². The molecular weight excluding hydrogens is 244 g/mol. The van der Waals surface area contributed by atoms with Crippen molar-refractivity contribution in [3.63, 3.8) is 0 Å². The number of benzene rings is 1. The second-order valence-electron chi connectivity index (χ2n) is 3.17. The third-order valence-corrected chi connectivity index (χ3v) is 3.12. The lowest BCUT2D eigenvalue weighted by Crippen LogP contribution is -1.92. The van der Waals surface area contributed by atoms with Crippen LogP contribution in [0.25, 0.3) is 10.4 Å². The van der Waals surface area contributed by atoms with Gasteiger partial charge >= 0.3 is 0 Å². The Morgan fingerprint density at radius 2 is 1.59 bits per heavy atom. The first kappa shape index (κ1) is 11.2. The predicted octanol–water partition coefficient (Wildman–Crippen LogP) is 3.23. The van der Waals surface area contributed by atoms with Crippen LogP contribution in [0.2, 0.25) is 0 Å². The molecule has 0 fully saturated rings. The molecule has 0 bridgehead atoms. The van der Waals surface area contributed by atoms with Gasteiger partial charge in [0, 0.05) is 12.1 Å². The van der Waals surface area contributed by atoms with Crippen molar-refractivity contribution in [2.45, 2.75) is 0 Å². The molecule has 1 aromatic carbocycles. The highest BCUT2D eigenvalue weighted by molar-refractivity contribution is 7.14. The van der Waals surface area contributed by atoms with Gasteiger partial charge in [0.1, 0.15) is 4.88 Å². The van der Waals surface area contributed by atoms with Crippen LogP contribution in [0.5, 0.6) is 0 Å². The Bertz CT molecular complexity index is 593. The summed E-state index contributed by atoms with van der Waals surface area (Å²) in [5, 5.41) is 23.2. The summed E-state index contributed by atoms with van der Waals surface area (Å²) >= 11 is 1.12. The molecule has 0 spiro atoms. The third kappa shape index (κ3) is 2.00. The van der Waals surface area contributed by atoms with E-state index in [0.29, 0.717) is 4.88 Å². The topological polar surface area (TPSA) is 86.3 Å². The Morgan fingerprint density at radius 1 is 0.941 bits per heavy atom. The van der Waals surface area contributed by atoms with Gasteiger partial charge in [-0.2, -0.15) is 0 Å². The third-order valence-electron chi connectivity index (χ3n) is 2.19. The van der Waals surface area contributed by atoms with Gasteiger partial charge in [-0.25, -0.2) is 0 Å². The molecule has 0 aliphatic rings.